The van der Waals surface area contributed by atoms with Crippen LogP contribution in [0.4, 0.5) is 5.82 Å². The van der Waals surface area contributed by atoms with Gasteiger partial charge in [-0.3, -0.25) is 0 Å². The highest BCUT2D eigenvalue weighted by atomic mass is 16.5. The molecule has 2 N–H and O–H groups in total. The van der Waals surface area contributed by atoms with Crippen LogP contribution in [0.3, 0.4) is 0 Å². The van der Waals surface area contributed by atoms with Crippen molar-refractivity contribution in [1.29, 1.82) is 0 Å². The number of nitrogen functional groups attached to an aromatic ring is 1. The molecule has 1 aliphatic heterocycles. The van der Waals surface area contributed by atoms with Gasteiger partial charge in [-0.05, 0) is 18.8 Å². The highest BCUT2D eigenvalue weighted by Crippen LogP contribution is 2.42. The molecule has 1 fully saturated rings. The van der Waals surface area contributed by atoms with Crippen molar-refractivity contribution in [2.75, 3.05) is 19.5 Å². The van der Waals surface area contributed by atoms with E-state index in [1.807, 2.05) is 0 Å². The molecule has 0 saturated heterocycles. The summed E-state index contributed by atoms with van der Waals surface area (Å²) in [4.78, 5) is 8.99. The zero-order valence-corrected chi connectivity index (χ0v) is 9.98. The van der Waals surface area contributed by atoms with E-state index in [9.17, 15) is 0 Å². The van der Waals surface area contributed by atoms with E-state index in [1.54, 1.807) is 7.11 Å². The molecule has 3 rings (SSSR count). The SMILES string of the molecule is COC(c1nc(N)c2c(n1)CCOC2)C1CC1. The predicted octanol–water partition coefficient (Wildman–Crippen LogP) is 1.23. The summed E-state index contributed by atoms with van der Waals surface area (Å²) in [7, 11) is 1.71. The van der Waals surface area contributed by atoms with E-state index in [0.717, 1.165) is 23.5 Å². The van der Waals surface area contributed by atoms with Crippen LogP contribution in [0.1, 0.15) is 36.0 Å². The summed E-state index contributed by atoms with van der Waals surface area (Å²) in [5, 5.41) is 0. The van der Waals surface area contributed by atoms with Gasteiger partial charge in [0.05, 0.1) is 18.9 Å². The van der Waals surface area contributed by atoms with Gasteiger partial charge in [-0.25, -0.2) is 9.97 Å². The van der Waals surface area contributed by atoms with Crippen LogP contribution in [-0.4, -0.2) is 23.7 Å². The second kappa shape index (κ2) is 4.23. The van der Waals surface area contributed by atoms with Crippen LogP contribution in [0.15, 0.2) is 0 Å². The van der Waals surface area contributed by atoms with Gasteiger partial charge in [0.15, 0.2) is 5.82 Å². The molecule has 17 heavy (non-hydrogen) atoms. The van der Waals surface area contributed by atoms with Crippen molar-refractivity contribution in [1.82, 2.24) is 9.97 Å². The number of fused-ring (bicyclic) bond motifs is 1. The largest absolute Gasteiger partial charge is 0.383 e. The molecule has 0 amide bonds. The quantitative estimate of drug-likeness (QED) is 0.853. The molecule has 0 bridgehead atoms. The Balaban J connectivity index is 1.97. The number of anilines is 1. The predicted molar refractivity (Wildman–Crippen MR) is 62.3 cm³/mol. The van der Waals surface area contributed by atoms with Crippen molar-refractivity contribution in [3.63, 3.8) is 0 Å². The number of hydrogen-bond donors (Lipinski definition) is 1. The zero-order valence-electron chi connectivity index (χ0n) is 9.98. The van der Waals surface area contributed by atoms with E-state index in [0.29, 0.717) is 24.9 Å². The van der Waals surface area contributed by atoms with Crippen LogP contribution in [0.5, 0.6) is 0 Å². The van der Waals surface area contributed by atoms with Crippen LogP contribution < -0.4 is 5.73 Å². The van der Waals surface area contributed by atoms with Gasteiger partial charge in [0.25, 0.3) is 0 Å². The first kappa shape index (κ1) is 10.9. The maximum atomic E-state index is 5.97. The zero-order chi connectivity index (χ0) is 11.8. The third-order valence-corrected chi connectivity index (χ3v) is 3.43. The molecule has 1 atom stereocenters. The van der Waals surface area contributed by atoms with Crippen molar-refractivity contribution < 1.29 is 9.47 Å². The molecular formula is C12H17N3O2. The molecule has 92 valence electrons. The second-order valence-corrected chi connectivity index (χ2v) is 4.69. The molecule has 0 aromatic carbocycles. The van der Waals surface area contributed by atoms with E-state index >= 15 is 0 Å². The fourth-order valence-electron chi connectivity index (χ4n) is 2.31. The Morgan fingerprint density at radius 3 is 2.94 bits per heavy atom. The van der Waals surface area contributed by atoms with Gasteiger partial charge in [0.1, 0.15) is 11.9 Å². The van der Waals surface area contributed by atoms with Gasteiger partial charge in [0.2, 0.25) is 0 Å². The Labute approximate surface area is 100 Å². The first-order chi connectivity index (χ1) is 8.29. The number of rotatable bonds is 3. The molecule has 2 heterocycles. The smallest absolute Gasteiger partial charge is 0.160 e. The van der Waals surface area contributed by atoms with Crippen LogP contribution in [-0.2, 0) is 22.5 Å². The average molecular weight is 235 g/mol. The van der Waals surface area contributed by atoms with Crippen LogP contribution in [0.25, 0.3) is 0 Å². The maximum Gasteiger partial charge on any atom is 0.160 e. The number of nitrogens with two attached hydrogens (primary N) is 1. The van der Waals surface area contributed by atoms with E-state index in [4.69, 9.17) is 15.2 Å². The minimum Gasteiger partial charge on any atom is -0.383 e. The monoisotopic (exact) mass is 235 g/mol. The summed E-state index contributed by atoms with van der Waals surface area (Å²) in [5.41, 5.74) is 7.95. The fourth-order valence-corrected chi connectivity index (χ4v) is 2.31. The second-order valence-electron chi connectivity index (χ2n) is 4.69. The summed E-state index contributed by atoms with van der Waals surface area (Å²) >= 11 is 0. The molecule has 0 spiro atoms. The van der Waals surface area contributed by atoms with Crippen LogP contribution in [0, 0.1) is 5.92 Å². The lowest BCUT2D eigenvalue weighted by molar-refractivity contribution is 0.0754. The fraction of sp³-hybridized carbons (Fsp3) is 0.667. The lowest BCUT2D eigenvalue weighted by Gasteiger charge is -2.20. The van der Waals surface area contributed by atoms with Gasteiger partial charge in [-0.1, -0.05) is 0 Å². The van der Waals surface area contributed by atoms with Crippen molar-refractivity contribution in [2.24, 2.45) is 5.92 Å². The molecule has 2 aliphatic rings. The molecule has 5 heteroatoms. The Hall–Kier alpha value is -1.20. The number of methoxy groups -OCH3 is 1. The molecule has 1 aliphatic carbocycles. The van der Waals surface area contributed by atoms with Gasteiger partial charge in [-0.2, -0.15) is 0 Å². The minimum absolute atomic E-state index is 0.00504. The Kier molecular flexibility index (Phi) is 2.72. The van der Waals surface area contributed by atoms with E-state index in [1.165, 1.54) is 12.8 Å². The Bertz CT molecular complexity index is 432. The van der Waals surface area contributed by atoms with Crippen LogP contribution in [0.2, 0.25) is 0 Å². The Morgan fingerprint density at radius 2 is 2.24 bits per heavy atom. The molecule has 1 saturated carbocycles. The van der Waals surface area contributed by atoms with Gasteiger partial charge >= 0.3 is 0 Å². The van der Waals surface area contributed by atoms with Gasteiger partial charge in [0, 0.05) is 19.1 Å². The standard InChI is InChI=1S/C12H17N3O2/c1-16-10(7-2-3-7)12-14-9-4-5-17-6-8(9)11(13)15-12/h7,10H,2-6H2,1H3,(H2,13,14,15). The molecule has 1 unspecified atom stereocenters. The molecular weight excluding hydrogens is 218 g/mol. The summed E-state index contributed by atoms with van der Waals surface area (Å²) < 4.78 is 10.9. The summed E-state index contributed by atoms with van der Waals surface area (Å²) in [6.45, 7) is 1.24. The van der Waals surface area contributed by atoms with Crippen molar-refractivity contribution in [3.05, 3.63) is 17.1 Å². The topological polar surface area (TPSA) is 70.3 Å². The van der Waals surface area contributed by atoms with Gasteiger partial charge < -0.3 is 15.2 Å². The number of hydrogen-bond acceptors (Lipinski definition) is 5. The molecule has 1 aromatic rings. The third kappa shape index (κ3) is 2.00. The average Bonchev–Trinajstić information content (AvgIpc) is 3.15. The summed E-state index contributed by atoms with van der Waals surface area (Å²) in [5.74, 6) is 1.86. The first-order valence-corrected chi connectivity index (χ1v) is 6.05. The normalized spacial score (nSPS) is 21.0. The van der Waals surface area contributed by atoms with Crippen LogP contribution >= 0.6 is 0 Å². The van der Waals surface area contributed by atoms with E-state index in [2.05, 4.69) is 9.97 Å². The first-order valence-electron chi connectivity index (χ1n) is 6.05. The van der Waals surface area contributed by atoms with Crippen molar-refractivity contribution in [2.45, 2.75) is 32.0 Å². The highest BCUT2D eigenvalue weighted by Gasteiger charge is 2.35. The summed E-state index contributed by atoms with van der Waals surface area (Å²) in [6.07, 6.45) is 3.21. The molecule has 0 radical (unpaired) electrons. The number of nitrogens with zero attached hydrogens (tertiary/aromatic N) is 2. The molecule has 5 nitrogen and oxygen atoms in total. The lowest BCUT2D eigenvalue weighted by atomic mass is 10.1. The Morgan fingerprint density at radius 1 is 1.41 bits per heavy atom. The molecule has 1 aromatic heterocycles. The van der Waals surface area contributed by atoms with Crippen molar-refractivity contribution in [3.8, 4) is 0 Å². The number of ether oxygens (including phenoxy) is 2. The maximum absolute atomic E-state index is 5.97. The van der Waals surface area contributed by atoms with Gasteiger partial charge in [-0.15, -0.1) is 0 Å². The van der Waals surface area contributed by atoms with Crippen molar-refractivity contribution >= 4 is 5.82 Å². The number of aromatic nitrogens is 2. The lowest BCUT2D eigenvalue weighted by Crippen LogP contribution is -2.19. The minimum atomic E-state index is 0.00504. The highest BCUT2D eigenvalue weighted by molar-refractivity contribution is 5.43. The summed E-state index contributed by atoms with van der Waals surface area (Å²) in [6, 6.07) is 0. The van der Waals surface area contributed by atoms with E-state index in [-0.39, 0.29) is 6.10 Å². The third-order valence-electron chi connectivity index (χ3n) is 3.43. The van der Waals surface area contributed by atoms with E-state index < -0.39 is 0 Å².